The normalized spacial score (nSPS) is 12.1. The van der Waals surface area contributed by atoms with E-state index in [4.69, 9.17) is 0 Å². The van der Waals surface area contributed by atoms with Gasteiger partial charge in [-0.2, -0.15) is 0 Å². The Morgan fingerprint density at radius 1 is 1.14 bits per heavy atom. The number of hydrogen-bond donors (Lipinski definition) is 2. The lowest BCUT2D eigenvalue weighted by Gasteiger charge is -2.23. The van der Waals surface area contributed by atoms with Crippen molar-refractivity contribution in [3.8, 4) is 0 Å². The molecule has 0 saturated heterocycles. The number of benzene rings is 1. The Labute approximate surface area is 130 Å². The van der Waals surface area contributed by atoms with Crippen molar-refractivity contribution in [3.05, 3.63) is 58.3 Å². The third-order valence-electron chi connectivity index (χ3n) is 3.35. The molecule has 112 valence electrons. The van der Waals surface area contributed by atoms with Crippen LogP contribution in [0, 0.1) is 5.92 Å². The van der Waals surface area contributed by atoms with E-state index in [-0.39, 0.29) is 12.1 Å². The summed E-state index contributed by atoms with van der Waals surface area (Å²) >= 11 is 1.72. The lowest BCUT2D eigenvalue weighted by Crippen LogP contribution is -2.40. The molecule has 2 N–H and O–H groups in total. The first-order chi connectivity index (χ1) is 10.2. The fourth-order valence-electron chi connectivity index (χ4n) is 2.24. The highest BCUT2D eigenvalue weighted by Crippen LogP contribution is 2.20. The number of carbonyl (C=O) groups is 1. The number of thiophene rings is 1. The zero-order valence-electron chi connectivity index (χ0n) is 12.5. The summed E-state index contributed by atoms with van der Waals surface area (Å²) in [5.74, 6) is 0.343. The summed E-state index contributed by atoms with van der Waals surface area (Å²) in [5.41, 5.74) is 1.14. The molecule has 0 unspecified atom stereocenters. The van der Waals surface area contributed by atoms with Crippen molar-refractivity contribution < 1.29 is 4.79 Å². The molecule has 0 fully saturated rings. The van der Waals surface area contributed by atoms with Gasteiger partial charge in [-0.15, -0.1) is 11.3 Å². The van der Waals surface area contributed by atoms with Crippen LogP contribution in [-0.2, 0) is 6.42 Å². The van der Waals surface area contributed by atoms with Crippen LogP contribution in [0.15, 0.2) is 47.8 Å². The van der Waals surface area contributed by atoms with Gasteiger partial charge in [0, 0.05) is 11.4 Å². The summed E-state index contributed by atoms with van der Waals surface area (Å²) in [5, 5.41) is 8.05. The average Bonchev–Trinajstić information content (AvgIpc) is 2.98. The standard InChI is InChI=1S/C17H22N2OS/c1-13(2)16(14-7-4-3-5-8-14)19-17(20)18-11-10-15-9-6-12-21-15/h3-9,12-13,16H,10-11H2,1-2H3,(H2,18,19,20)/t16-/m1/s1. The molecule has 1 aromatic heterocycles. The highest BCUT2D eigenvalue weighted by atomic mass is 32.1. The maximum atomic E-state index is 12.0. The van der Waals surface area contributed by atoms with E-state index in [1.165, 1.54) is 4.88 Å². The number of carbonyl (C=O) groups excluding carboxylic acids is 1. The summed E-state index contributed by atoms with van der Waals surface area (Å²) in [6, 6.07) is 14.1. The molecule has 4 heteroatoms. The van der Waals surface area contributed by atoms with Crippen molar-refractivity contribution in [2.24, 2.45) is 5.92 Å². The maximum Gasteiger partial charge on any atom is 0.315 e. The van der Waals surface area contributed by atoms with Crippen molar-refractivity contribution >= 4 is 17.4 Å². The molecule has 2 aromatic rings. The average molecular weight is 302 g/mol. The molecule has 1 aromatic carbocycles. The molecule has 0 bridgehead atoms. The van der Waals surface area contributed by atoms with Gasteiger partial charge in [-0.25, -0.2) is 4.79 Å². The molecular formula is C17H22N2OS. The monoisotopic (exact) mass is 302 g/mol. The molecule has 0 spiro atoms. The van der Waals surface area contributed by atoms with Crippen molar-refractivity contribution in [2.75, 3.05) is 6.54 Å². The number of urea groups is 1. The Bertz CT molecular complexity index is 537. The third kappa shape index (κ3) is 4.90. The minimum absolute atomic E-state index is 0.0351. The van der Waals surface area contributed by atoms with Gasteiger partial charge in [0.25, 0.3) is 0 Å². The molecular weight excluding hydrogens is 280 g/mol. The largest absolute Gasteiger partial charge is 0.338 e. The quantitative estimate of drug-likeness (QED) is 0.832. The number of rotatable bonds is 6. The summed E-state index contributed by atoms with van der Waals surface area (Å²) in [7, 11) is 0. The number of amides is 2. The summed E-state index contributed by atoms with van der Waals surface area (Å²) in [6.45, 7) is 4.89. The molecule has 0 aliphatic heterocycles. The first-order valence-electron chi connectivity index (χ1n) is 7.28. The zero-order valence-corrected chi connectivity index (χ0v) is 13.3. The molecule has 0 aliphatic rings. The molecule has 2 rings (SSSR count). The van der Waals surface area contributed by atoms with Crippen molar-refractivity contribution in [1.82, 2.24) is 10.6 Å². The minimum Gasteiger partial charge on any atom is -0.338 e. The second-order valence-electron chi connectivity index (χ2n) is 5.36. The van der Waals surface area contributed by atoms with E-state index in [0.29, 0.717) is 12.5 Å². The molecule has 1 atom stereocenters. The van der Waals surface area contributed by atoms with Gasteiger partial charge in [0.2, 0.25) is 0 Å². The van der Waals surface area contributed by atoms with Crippen LogP contribution in [0.3, 0.4) is 0 Å². The Kier molecular flexibility index (Phi) is 5.81. The van der Waals surface area contributed by atoms with E-state index >= 15 is 0 Å². The Balaban J connectivity index is 1.84. The van der Waals surface area contributed by atoms with E-state index < -0.39 is 0 Å². The highest BCUT2D eigenvalue weighted by Gasteiger charge is 2.17. The van der Waals surface area contributed by atoms with E-state index in [9.17, 15) is 4.79 Å². The van der Waals surface area contributed by atoms with Crippen LogP contribution in [0.25, 0.3) is 0 Å². The van der Waals surface area contributed by atoms with Crippen molar-refractivity contribution in [1.29, 1.82) is 0 Å². The Morgan fingerprint density at radius 3 is 2.52 bits per heavy atom. The first kappa shape index (κ1) is 15.6. The Hall–Kier alpha value is -1.81. The van der Waals surface area contributed by atoms with Gasteiger partial charge >= 0.3 is 6.03 Å². The second-order valence-corrected chi connectivity index (χ2v) is 6.39. The van der Waals surface area contributed by atoms with Gasteiger partial charge in [-0.1, -0.05) is 50.2 Å². The van der Waals surface area contributed by atoms with Gasteiger partial charge in [0.05, 0.1) is 6.04 Å². The van der Waals surface area contributed by atoms with Gasteiger partial charge in [0.1, 0.15) is 0 Å². The van der Waals surface area contributed by atoms with E-state index in [2.05, 4.69) is 48.1 Å². The topological polar surface area (TPSA) is 41.1 Å². The molecule has 1 heterocycles. The first-order valence-corrected chi connectivity index (χ1v) is 8.16. The summed E-state index contributed by atoms with van der Waals surface area (Å²) < 4.78 is 0. The van der Waals surface area contributed by atoms with Gasteiger partial charge < -0.3 is 10.6 Å². The zero-order chi connectivity index (χ0) is 15.1. The van der Waals surface area contributed by atoms with Gasteiger partial charge in [0.15, 0.2) is 0 Å². The predicted octanol–water partition coefficient (Wildman–Crippen LogP) is 3.99. The fraction of sp³-hybridized carbons (Fsp3) is 0.353. The van der Waals surface area contributed by atoms with Crippen LogP contribution < -0.4 is 10.6 Å². The molecule has 0 aliphatic carbocycles. The minimum atomic E-state index is -0.103. The second kappa shape index (κ2) is 7.84. The number of nitrogens with one attached hydrogen (secondary N) is 2. The molecule has 0 radical (unpaired) electrons. The van der Waals surface area contributed by atoms with Crippen LogP contribution in [0.2, 0.25) is 0 Å². The SMILES string of the molecule is CC(C)[C@@H](NC(=O)NCCc1cccs1)c1ccccc1. The lowest BCUT2D eigenvalue weighted by atomic mass is 9.96. The highest BCUT2D eigenvalue weighted by molar-refractivity contribution is 7.09. The van der Waals surface area contributed by atoms with Crippen LogP contribution in [0.4, 0.5) is 4.79 Å². The van der Waals surface area contributed by atoms with Gasteiger partial charge in [-0.05, 0) is 29.3 Å². The summed E-state index contributed by atoms with van der Waals surface area (Å²) in [6.07, 6.45) is 0.878. The van der Waals surface area contributed by atoms with Crippen molar-refractivity contribution in [3.63, 3.8) is 0 Å². The van der Waals surface area contributed by atoms with E-state index in [0.717, 1.165) is 12.0 Å². The third-order valence-corrected chi connectivity index (χ3v) is 4.29. The molecule has 2 amide bonds. The van der Waals surface area contributed by atoms with Crippen LogP contribution >= 0.6 is 11.3 Å². The summed E-state index contributed by atoms with van der Waals surface area (Å²) in [4.78, 5) is 13.3. The smallest absolute Gasteiger partial charge is 0.315 e. The van der Waals surface area contributed by atoms with E-state index in [1.54, 1.807) is 11.3 Å². The van der Waals surface area contributed by atoms with Crippen molar-refractivity contribution in [2.45, 2.75) is 26.3 Å². The van der Waals surface area contributed by atoms with E-state index in [1.807, 2.05) is 24.3 Å². The maximum absolute atomic E-state index is 12.0. The predicted molar refractivity (Wildman–Crippen MR) is 88.6 cm³/mol. The van der Waals surface area contributed by atoms with Crippen LogP contribution in [0.1, 0.15) is 30.3 Å². The van der Waals surface area contributed by atoms with Gasteiger partial charge in [-0.3, -0.25) is 0 Å². The Morgan fingerprint density at radius 2 is 1.90 bits per heavy atom. The van der Waals surface area contributed by atoms with Crippen LogP contribution in [-0.4, -0.2) is 12.6 Å². The lowest BCUT2D eigenvalue weighted by molar-refractivity contribution is 0.233. The number of hydrogen-bond acceptors (Lipinski definition) is 2. The molecule has 21 heavy (non-hydrogen) atoms. The fourth-order valence-corrected chi connectivity index (χ4v) is 2.95. The van der Waals surface area contributed by atoms with Crippen LogP contribution in [0.5, 0.6) is 0 Å². The molecule has 3 nitrogen and oxygen atoms in total. The molecule has 0 saturated carbocycles.